The maximum Gasteiger partial charge on any atom is 0.243 e. The van der Waals surface area contributed by atoms with Gasteiger partial charge in [0.2, 0.25) is 10.0 Å². The Bertz CT molecular complexity index is 768. The summed E-state index contributed by atoms with van der Waals surface area (Å²) in [6.07, 6.45) is 0. The van der Waals surface area contributed by atoms with Gasteiger partial charge in [0, 0.05) is 23.6 Å². The SMILES string of the molecule is CC(=O)c1ccc(S(=O)(=O)N(C)Cc2ccc(Br)cc2)cc1. The molecule has 4 nitrogen and oxygen atoms in total. The summed E-state index contributed by atoms with van der Waals surface area (Å²) in [7, 11) is -2.04. The second kappa shape index (κ2) is 6.73. The van der Waals surface area contributed by atoms with Crippen molar-refractivity contribution in [2.24, 2.45) is 0 Å². The number of carbonyl (C=O) groups excluding carboxylic acids is 1. The van der Waals surface area contributed by atoms with Gasteiger partial charge in [-0.15, -0.1) is 0 Å². The lowest BCUT2D eigenvalue weighted by molar-refractivity contribution is 0.101. The lowest BCUT2D eigenvalue weighted by atomic mass is 10.2. The fourth-order valence-corrected chi connectivity index (χ4v) is 3.40. The number of hydrogen-bond donors (Lipinski definition) is 0. The molecule has 0 saturated carbocycles. The van der Waals surface area contributed by atoms with Crippen molar-refractivity contribution >= 4 is 31.7 Å². The van der Waals surface area contributed by atoms with E-state index in [0.29, 0.717) is 5.56 Å². The van der Waals surface area contributed by atoms with Gasteiger partial charge in [0.25, 0.3) is 0 Å². The van der Waals surface area contributed by atoms with Crippen molar-refractivity contribution < 1.29 is 13.2 Å². The molecule has 0 spiro atoms. The average Bonchev–Trinajstić information content (AvgIpc) is 2.49. The maximum atomic E-state index is 12.5. The van der Waals surface area contributed by atoms with Crippen molar-refractivity contribution in [3.8, 4) is 0 Å². The third-order valence-corrected chi connectivity index (χ3v) is 5.63. The molecule has 2 rings (SSSR count). The Morgan fingerprint density at radius 2 is 1.59 bits per heavy atom. The number of hydrogen-bond acceptors (Lipinski definition) is 3. The van der Waals surface area contributed by atoms with E-state index in [-0.39, 0.29) is 17.2 Å². The average molecular weight is 382 g/mol. The summed E-state index contributed by atoms with van der Waals surface area (Å²) in [5, 5.41) is 0. The van der Waals surface area contributed by atoms with Gasteiger partial charge in [0.1, 0.15) is 0 Å². The van der Waals surface area contributed by atoms with Gasteiger partial charge in [-0.3, -0.25) is 4.79 Å². The highest BCUT2D eigenvalue weighted by Crippen LogP contribution is 2.18. The monoisotopic (exact) mass is 381 g/mol. The van der Waals surface area contributed by atoms with Gasteiger partial charge >= 0.3 is 0 Å². The molecule has 0 bridgehead atoms. The summed E-state index contributed by atoms with van der Waals surface area (Å²) in [6, 6.07) is 13.5. The molecule has 22 heavy (non-hydrogen) atoms. The first-order chi connectivity index (χ1) is 10.3. The van der Waals surface area contributed by atoms with E-state index in [0.717, 1.165) is 10.0 Å². The fourth-order valence-electron chi connectivity index (χ4n) is 1.97. The Balaban J connectivity index is 2.21. The van der Waals surface area contributed by atoms with Gasteiger partial charge in [0.15, 0.2) is 5.78 Å². The van der Waals surface area contributed by atoms with Crippen LogP contribution in [0.5, 0.6) is 0 Å². The number of rotatable bonds is 5. The topological polar surface area (TPSA) is 54.5 Å². The Labute approximate surface area is 138 Å². The van der Waals surface area contributed by atoms with Gasteiger partial charge in [-0.25, -0.2) is 8.42 Å². The smallest absolute Gasteiger partial charge is 0.243 e. The first kappa shape index (κ1) is 16.9. The molecule has 0 amide bonds. The molecular formula is C16H16BrNO3S. The van der Waals surface area contributed by atoms with Crippen molar-refractivity contribution in [3.05, 3.63) is 64.1 Å². The third kappa shape index (κ3) is 3.82. The predicted octanol–water partition coefficient (Wildman–Crippen LogP) is 3.47. The van der Waals surface area contributed by atoms with Crippen molar-refractivity contribution in [1.82, 2.24) is 4.31 Å². The van der Waals surface area contributed by atoms with Crippen molar-refractivity contribution in [1.29, 1.82) is 0 Å². The number of ketones is 1. The quantitative estimate of drug-likeness (QED) is 0.745. The zero-order valence-electron chi connectivity index (χ0n) is 12.3. The molecule has 116 valence electrons. The first-order valence-electron chi connectivity index (χ1n) is 6.62. The van der Waals surface area contributed by atoms with Crippen molar-refractivity contribution in [2.75, 3.05) is 7.05 Å². The van der Waals surface area contributed by atoms with E-state index in [9.17, 15) is 13.2 Å². The van der Waals surface area contributed by atoms with Crippen LogP contribution in [-0.4, -0.2) is 25.6 Å². The minimum absolute atomic E-state index is 0.0906. The van der Waals surface area contributed by atoms with Crippen LogP contribution in [0, 0.1) is 0 Å². The zero-order chi connectivity index (χ0) is 16.3. The normalized spacial score (nSPS) is 11.6. The highest BCUT2D eigenvalue weighted by molar-refractivity contribution is 9.10. The van der Waals surface area contributed by atoms with Crippen LogP contribution in [0.15, 0.2) is 57.9 Å². The van der Waals surface area contributed by atoms with Gasteiger partial charge in [-0.05, 0) is 36.8 Å². The Morgan fingerprint density at radius 1 is 1.05 bits per heavy atom. The van der Waals surface area contributed by atoms with Gasteiger partial charge < -0.3 is 0 Å². The molecular weight excluding hydrogens is 366 g/mol. The molecule has 0 aliphatic heterocycles. The summed E-state index contributed by atoms with van der Waals surface area (Å²) < 4.78 is 27.3. The van der Waals surface area contributed by atoms with E-state index in [1.165, 1.54) is 42.5 Å². The molecule has 0 aliphatic carbocycles. The third-order valence-electron chi connectivity index (χ3n) is 3.29. The molecule has 2 aromatic rings. The highest BCUT2D eigenvalue weighted by atomic mass is 79.9. The maximum absolute atomic E-state index is 12.5. The summed E-state index contributed by atoms with van der Waals surface area (Å²) in [4.78, 5) is 11.4. The molecule has 0 N–H and O–H groups in total. The number of halogens is 1. The molecule has 6 heteroatoms. The molecule has 2 aromatic carbocycles. The fraction of sp³-hybridized carbons (Fsp3) is 0.188. The first-order valence-corrected chi connectivity index (χ1v) is 8.86. The van der Waals surface area contributed by atoms with E-state index in [1.54, 1.807) is 0 Å². The molecule has 0 saturated heterocycles. The molecule has 0 aromatic heterocycles. The number of nitrogens with zero attached hydrogens (tertiary/aromatic N) is 1. The Kier molecular flexibility index (Phi) is 5.16. The summed E-state index contributed by atoms with van der Waals surface area (Å²) >= 11 is 3.35. The molecule has 0 heterocycles. The minimum atomic E-state index is -3.58. The lowest BCUT2D eigenvalue weighted by Crippen LogP contribution is -2.26. The zero-order valence-corrected chi connectivity index (χ0v) is 14.7. The molecule has 0 radical (unpaired) electrons. The van der Waals surface area contributed by atoms with E-state index in [1.807, 2.05) is 24.3 Å². The number of carbonyl (C=O) groups is 1. The Morgan fingerprint density at radius 3 is 2.09 bits per heavy atom. The van der Waals surface area contributed by atoms with Gasteiger partial charge in [0.05, 0.1) is 4.90 Å². The second-order valence-corrected chi connectivity index (χ2v) is 7.93. The summed E-state index contributed by atoms with van der Waals surface area (Å²) in [6.45, 7) is 1.73. The van der Waals surface area contributed by atoms with E-state index in [4.69, 9.17) is 0 Å². The number of benzene rings is 2. The standard InChI is InChI=1S/C16H16BrNO3S/c1-12(19)14-5-9-16(10-6-14)22(20,21)18(2)11-13-3-7-15(17)8-4-13/h3-10H,11H2,1-2H3. The van der Waals surface area contributed by atoms with E-state index < -0.39 is 10.0 Å². The van der Waals surface area contributed by atoms with Crippen LogP contribution in [0.25, 0.3) is 0 Å². The van der Waals surface area contributed by atoms with Gasteiger partial charge in [-0.2, -0.15) is 4.31 Å². The number of sulfonamides is 1. The summed E-state index contributed by atoms with van der Waals surface area (Å²) in [5.74, 6) is -0.0906. The van der Waals surface area contributed by atoms with Crippen molar-refractivity contribution in [3.63, 3.8) is 0 Å². The van der Waals surface area contributed by atoms with Crippen LogP contribution < -0.4 is 0 Å². The summed E-state index contributed by atoms with van der Waals surface area (Å²) in [5.41, 5.74) is 1.39. The molecule has 0 unspecified atom stereocenters. The second-order valence-electron chi connectivity index (χ2n) is 4.97. The lowest BCUT2D eigenvalue weighted by Gasteiger charge is -2.17. The van der Waals surface area contributed by atoms with E-state index >= 15 is 0 Å². The predicted molar refractivity (Wildman–Crippen MR) is 89.2 cm³/mol. The Hall–Kier alpha value is -1.50. The molecule has 0 aliphatic rings. The van der Waals surface area contributed by atoms with Crippen LogP contribution in [0.3, 0.4) is 0 Å². The van der Waals surface area contributed by atoms with Crippen LogP contribution in [-0.2, 0) is 16.6 Å². The van der Waals surface area contributed by atoms with Crippen LogP contribution in [0.4, 0.5) is 0 Å². The molecule has 0 atom stereocenters. The van der Waals surface area contributed by atoms with Crippen LogP contribution >= 0.6 is 15.9 Å². The van der Waals surface area contributed by atoms with Crippen molar-refractivity contribution in [2.45, 2.75) is 18.4 Å². The van der Waals surface area contributed by atoms with Gasteiger partial charge in [-0.1, -0.05) is 40.2 Å². The largest absolute Gasteiger partial charge is 0.295 e. The number of Topliss-reactive ketones (excluding diaryl/α,β-unsaturated/α-hetero) is 1. The molecule has 0 fully saturated rings. The van der Waals surface area contributed by atoms with Crippen LogP contribution in [0.2, 0.25) is 0 Å². The van der Waals surface area contributed by atoms with Crippen LogP contribution in [0.1, 0.15) is 22.8 Å². The minimum Gasteiger partial charge on any atom is -0.295 e. The van der Waals surface area contributed by atoms with E-state index in [2.05, 4.69) is 15.9 Å². The highest BCUT2D eigenvalue weighted by Gasteiger charge is 2.21.